The number of pyridine rings is 1. The number of aromatic nitrogens is 1. The third-order valence-corrected chi connectivity index (χ3v) is 3.08. The van der Waals surface area contributed by atoms with Crippen LogP contribution >= 0.6 is 38.5 Å². The van der Waals surface area contributed by atoms with Crippen LogP contribution in [0.3, 0.4) is 0 Å². The molecule has 78 valence electrons. The maximum Gasteiger partial charge on any atom is 0.266 e. The van der Waals surface area contributed by atoms with Gasteiger partial charge in [0.15, 0.2) is 0 Å². The fourth-order valence-corrected chi connectivity index (χ4v) is 1.97. The summed E-state index contributed by atoms with van der Waals surface area (Å²) in [6, 6.07) is 1.41. The van der Waals surface area contributed by atoms with Gasteiger partial charge in [-0.15, -0.1) is 0 Å². The van der Waals surface area contributed by atoms with E-state index in [4.69, 9.17) is 4.74 Å². The Morgan fingerprint density at radius 1 is 1.64 bits per heavy atom. The lowest BCUT2D eigenvalue weighted by Gasteiger charge is -2.09. The lowest BCUT2D eigenvalue weighted by molar-refractivity contribution is 0.149. The summed E-state index contributed by atoms with van der Waals surface area (Å²) in [6.45, 7) is 0. The predicted molar refractivity (Wildman–Crippen MR) is 61.1 cm³/mol. The van der Waals surface area contributed by atoms with Crippen LogP contribution in [0.5, 0.6) is 5.88 Å². The Morgan fingerprint density at radius 2 is 2.29 bits per heavy atom. The summed E-state index contributed by atoms with van der Waals surface area (Å²) in [5, 5.41) is 0.444. The zero-order chi connectivity index (χ0) is 10.7. The maximum atomic E-state index is 12.5. The molecule has 0 saturated heterocycles. The van der Waals surface area contributed by atoms with Crippen LogP contribution in [0.4, 0.5) is 8.78 Å². The van der Waals surface area contributed by atoms with Crippen molar-refractivity contribution in [2.45, 2.75) is 11.8 Å². The molecule has 2 nitrogen and oxygen atoms in total. The van der Waals surface area contributed by atoms with E-state index in [2.05, 4.69) is 20.9 Å². The maximum absolute atomic E-state index is 12.5. The van der Waals surface area contributed by atoms with Crippen LogP contribution in [0.2, 0.25) is 0 Å². The summed E-state index contributed by atoms with van der Waals surface area (Å²) in [5.74, 6) is 0.385. The number of alkyl halides is 3. The summed E-state index contributed by atoms with van der Waals surface area (Å²) >= 11 is 4.96. The number of rotatable bonds is 3. The molecular weight excluding hydrogens is 371 g/mol. The highest BCUT2D eigenvalue weighted by Crippen LogP contribution is 2.29. The second-order valence-electron chi connectivity index (χ2n) is 2.47. The summed E-state index contributed by atoms with van der Waals surface area (Å²) in [4.78, 5) is 3.94. The molecule has 1 heterocycles. The number of ether oxygens (including phenoxy) is 1. The van der Waals surface area contributed by atoms with E-state index in [0.29, 0.717) is 16.8 Å². The molecule has 0 fully saturated rings. The lowest BCUT2D eigenvalue weighted by atomic mass is 10.2. The summed E-state index contributed by atoms with van der Waals surface area (Å²) in [7, 11) is 1.46. The van der Waals surface area contributed by atoms with Gasteiger partial charge in [0.25, 0.3) is 6.43 Å². The van der Waals surface area contributed by atoms with Crippen molar-refractivity contribution < 1.29 is 13.5 Å². The van der Waals surface area contributed by atoms with E-state index in [1.54, 1.807) is 22.6 Å². The summed E-state index contributed by atoms with van der Waals surface area (Å²) in [5.41, 5.74) is 0.573. The second kappa shape index (κ2) is 5.20. The molecule has 0 aliphatic rings. The van der Waals surface area contributed by atoms with Crippen LogP contribution in [0.1, 0.15) is 17.6 Å². The molecule has 1 rings (SSSR count). The minimum absolute atomic E-state index is 0.0548. The molecular formula is C8H7BrF2INO. The SMILES string of the molecule is COc1nc(I)c(C(F)F)cc1CBr. The lowest BCUT2D eigenvalue weighted by Crippen LogP contribution is -2.00. The van der Waals surface area contributed by atoms with Crippen molar-refractivity contribution in [3.63, 3.8) is 0 Å². The Kier molecular flexibility index (Phi) is 4.49. The molecule has 0 atom stereocenters. The van der Waals surface area contributed by atoms with Crippen LogP contribution in [-0.2, 0) is 5.33 Å². The first-order chi connectivity index (χ1) is 6.60. The van der Waals surface area contributed by atoms with Gasteiger partial charge in [0, 0.05) is 10.9 Å². The molecule has 0 saturated carbocycles. The molecule has 0 unspecified atom stereocenters. The number of halogens is 4. The van der Waals surface area contributed by atoms with E-state index in [1.165, 1.54) is 13.2 Å². The van der Waals surface area contributed by atoms with E-state index in [1.807, 2.05) is 0 Å². The van der Waals surface area contributed by atoms with E-state index in [9.17, 15) is 8.78 Å². The molecule has 0 bridgehead atoms. The first-order valence-electron chi connectivity index (χ1n) is 3.67. The molecule has 1 aromatic rings. The summed E-state index contributed by atoms with van der Waals surface area (Å²) in [6.07, 6.45) is -2.50. The monoisotopic (exact) mass is 377 g/mol. The standard InChI is InChI=1S/C8H7BrF2INO/c1-14-8-4(3-9)2-5(6(10)11)7(12)13-8/h2,6H,3H2,1H3. The zero-order valence-corrected chi connectivity index (χ0v) is 11.0. The predicted octanol–water partition coefficient (Wildman–Crippen LogP) is 3.53. The van der Waals surface area contributed by atoms with Crippen molar-refractivity contribution in [2.24, 2.45) is 0 Å². The van der Waals surface area contributed by atoms with Crippen molar-refractivity contribution in [1.29, 1.82) is 0 Å². The van der Waals surface area contributed by atoms with E-state index in [-0.39, 0.29) is 9.26 Å². The van der Waals surface area contributed by atoms with Gasteiger partial charge in [-0.25, -0.2) is 13.8 Å². The van der Waals surface area contributed by atoms with Crippen molar-refractivity contribution in [3.05, 3.63) is 20.9 Å². The van der Waals surface area contributed by atoms with Crippen LogP contribution in [0.25, 0.3) is 0 Å². The van der Waals surface area contributed by atoms with Gasteiger partial charge in [-0.05, 0) is 28.7 Å². The van der Waals surface area contributed by atoms with Crippen LogP contribution in [0.15, 0.2) is 6.07 Å². The minimum Gasteiger partial charge on any atom is -0.481 e. The fourth-order valence-electron chi connectivity index (χ4n) is 0.960. The largest absolute Gasteiger partial charge is 0.481 e. The van der Waals surface area contributed by atoms with Gasteiger partial charge in [0.1, 0.15) is 3.70 Å². The molecule has 0 N–H and O–H groups in total. The highest BCUT2D eigenvalue weighted by atomic mass is 127. The Morgan fingerprint density at radius 3 is 2.71 bits per heavy atom. The zero-order valence-electron chi connectivity index (χ0n) is 7.23. The molecule has 0 aliphatic heterocycles. The van der Waals surface area contributed by atoms with Crippen LogP contribution in [-0.4, -0.2) is 12.1 Å². The number of hydrogen-bond acceptors (Lipinski definition) is 2. The summed E-state index contributed by atoms with van der Waals surface area (Å²) < 4.78 is 30.2. The Labute approximate surface area is 102 Å². The normalized spacial score (nSPS) is 10.7. The number of nitrogens with zero attached hydrogens (tertiary/aromatic N) is 1. The molecule has 1 aromatic heterocycles. The van der Waals surface area contributed by atoms with Gasteiger partial charge in [-0.3, -0.25) is 0 Å². The van der Waals surface area contributed by atoms with E-state index < -0.39 is 6.43 Å². The first kappa shape index (κ1) is 12.1. The van der Waals surface area contributed by atoms with Crippen LogP contribution in [0, 0.1) is 3.70 Å². The average Bonchev–Trinajstić information content (AvgIpc) is 2.16. The van der Waals surface area contributed by atoms with Gasteiger partial charge in [0.2, 0.25) is 5.88 Å². The Hall–Kier alpha value is 0.0200. The van der Waals surface area contributed by atoms with Crippen molar-refractivity contribution in [3.8, 4) is 5.88 Å². The van der Waals surface area contributed by atoms with Gasteiger partial charge < -0.3 is 4.74 Å². The Balaban J connectivity index is 3.23. The quantitative estimate of drug-likeness (QED) is 0.456. The minimum atomic E-state index is -2.50. The van der Waals surface area contributed by atoms with Crippen LogP contribution < -0.4 is 4.74 Å². The van der Waals surface area contributed by atoms with E-state index in [0.717, 1.165) is 0 Å². The molecule has 0 amide bonds. The van der Waals surface area contributed by atoms with Gasteiger partial charge in [-0.1, -0.05) is 15.9 Å². The average molecular weight is 378 g/mol. The van der Waals surface area contributed by atoms with Crippen molar-refractivity contribution in [1.82, 2.24) is 4.98 Å². The van der Waals surface area contributed by atoms with Gasteiger partial charge in [0.05, 0.1) is 12.7 Å². The topological polar surface area (TPSA) is 22.1 Å². The Bertz CT molecular complexity index is 335. The van der Waals surface area contributed by atoms with Crippen molar-refractivity contribution in [2.75, 3.05) is 7.11 Å². The highest BCUT2D eigenvalue weighted by Gasteiger charge is 2.16. The van der Waals surface area contributed by atoms with Crippen molar-refractivity contribution >= 4 is 38.5 Å². The highest BCUT2D eigenvalue weighted by molar-refractivity contribution is 14.1. The molecule has 14 heavy (non-hydrogen) atoms. The fraction of sp³-hybridized carbons (Fsp3) is 0.375. The second-order valence-corrected chi connectivity index (χ2v) is 4.05. The van der Waals surface area contributed by atoms with E-state index >= 15 is 0 Å². The third-order valence-electron chi connectivity index (χ3n) is 1.61. The first-order valence-corrected chi connectivity index (χ1v) is 5.87. The third kappa shape index (κ3) is 2.53. The molecule has 0 aliphatic carbocycles. The molecule has 0 radical (unpaired) electrons. The molecule has 0 aromatic carbocycles. The molecule has 6 heteroatoms. The number of hydrogen-bond donors (Lipinski definition) is 0. The number of methoxy groups -OCH3 is 1. The molecule has 0 spiro atoms. The smallest absolute Gasteiger partial charge is 0.266 e. The van der Waals surface area contributed by atoms with Gasteiger partial charge >= 0.3 is 0 Å². The van der Waals surface area contributed by atoms with Gasteiger partial charge in [-0.2, -0.15) is 0 Å².